The van der Waals surface area contributed by atoms with E-state index in [1.807, 2.05) is 0 Å². The summed E-state index contributed by atoms with van der Waals surface area (Å²) >= 11 is 0. The van der Waals surface area contributed by atoms with Crippen LogP contribution in [0.15, 0.2) is 109 Å². The normalized spacial score (nSPS) is 13.0. The van der Waals surface area contributed by atoms with Gasteiger partial charge in [0.2, 0.25) is 0 Å². The summed E-state index contributed by atoms with van der Waals surface area (Å²) in [5.74, 6) is -1.00. The average Bonchev–Trinajstić information content (AvgIpc) is 3.28. The van der Waals surface area contributed by atoms with Gasteiger partial charge in [-0.15, -0.1) is 0 Å². The first-order valence-corrected chi connectivity index (χ1v) is 25.5. The van der Waals surface area contributed by atoms with E-state index in [1.165, 1.54) is 64.2 Å². The number of allylic oxidation sites excluding steroid dienone is 18. The molecular formula is C57H92O6. The van der Waals surface area contributed by atoms with Crippen LogP contribution < -0.4 is 0 Å². The zero-order chi connectivity index (χ0) is 45.8. The lowest BCUT2D eigenvalue weighted by Gasteiger charge is -2.18. The van der Waals surface area contributed by atoms with Crippen molar-refractivity contribution in [2.45, 2.75) is 219 Å². The molecule has 0 saturated carbocycles. The molecule has 0 fully saturated rings. The van der Waals surface area contributed by atoms with E-state index >= 15 is 0 Å². The van der Waals surface area contributed by atoms with Gasteiger partial charge in [0.05, 0.1) is 0 Å². The van der Waals surface area contributed by atoms with E-state index in [4.69, 9.17) is 14.2 Å². The minimum Gasteiger partial charge on any atom is -0.462 e. The standard InChI is InChI=1S/C57H92O6/c1-4-7-10-13-16-19-22-25-27-28-30-32-35-38-41-44-47-50-56(59)62-53-54(52-61-55(58)49-46-43-40-37-34-31-24-21-18-15-12-9-6-3)63-57(60)51-48-45-42-39-36-33-29-26-23-20-17-14-11-8-5-2/h8-9,11-12,14-15,17-18,20-21,23-25,27,30,32,38,41,54H,4-7,10,13,16,19,22,26,28-29,31,33-37,39-40,42-53H2,1-3H3/b11-8-,12-9-,17-14-,18-15-,23-20-,24-21-,27-25-,32-30-,41-38-. The Balaban J connectivity index is 4.52. The lowest BCUT2D eigenvalue weighted by atomic mass is 10.1. The molecule has 63 heavy (non-hydrogen) atoms. The number of carbonyl (C=O) groups is 3. The molecular weight excluding hydrogens is 781 g/mol. The fraction of sp³-hybridized carbons (Fsp3) is 0.632. The second kappa shape index (κ2) is 50.7. The summed E-state index contributed by atoms with van der Waals surface area (Å²) in [6.07, 6.45) is 67.9. The van der Waals surface area contributed by atoms with E-state index in [0.717, 1.165) is 103 Å². The van der Waals surface area contributed by atoms with Crippen molar-refractivity contribution < 1.29 is 28.6 Å². The van der Waals surface area contributed by atoms with Gasteiger partial charge in [-0.05, 0) is 89.9 Å². The Morgan fingerprint density at radius 2 is 0.698 bits per heavy atom. The molecule has 0 rings (SSSR count). The largest absolute Gasteiger partial charge is 0.462 e. The predicted molar refractivity (Wildman–Crippen MR) is 270 cm³/mol. The minimum absolute atomic E-state index is 0.112. The van der Waals surface area contributed by atoms with Crippen LogP contribution in [0.3, 0.4) is 0 Å². The van der Waals surface area contributed by atoms with E-state index in [0.29, 0.717) is 19.3 Å². The van der Waals surface area contributed by atoms with Crippen LogP contribution in [0.5, 0.6) is 0 Å². The molecule has 0 spiro atoms. The molecule has 0 radical (unpaired) electrons. The lowest BCUT2D eigenvalue weighted by molar-refractivity contribution is -0.167. The summed E-state index contributed by atoms with van der Waals surface area (Å²) in [5, 5.41) is 0. The molecule has 356 valence electrons. The molecule has 1 atom stereocenters. The Morgan fingerprint density at radius 3 is 1.16 bits per heavy atom. The van der Waals surface area contributed by atoms with E-state index in [1.54, 1.807) is 0 Å². The fourth-order valence-electron chi connectivity index (χ4n) is 6.57. The molecule has 0 N–H and O–H groups in total. The second-order valence-corrected chi connectivity index (χ2v) is 16.4. The maximum Gasteiger partial charge on any atom is 0.306 e. The van der Waals surface area contributed by atoms with Gasteiger partial charge < -0.3 is 14.2 Å². The first kappa shape index (κ1) is 59.1. The number of hydrogen-bond acceptors (Lipinski definition) is 6. The second-order valence-electron chi connectivity index (χ2n) is 16.4. The van der Waals surface area contributed by atoms with Crippen LogP contribution in [-0.2, 0) is 28.6 Å². The Hall–Kier alpha value is -3.93. The molecule has 0 amide bonds. The van der Waals surface area contributed by atoms with E-state index < -0.39 is 6.10 Å². The molecule has 0 aromatic heterocycles. The number of rotatable bonds is 44. The molecule has 0 aromatic rings. The average molecular weight is 873 g/mol. The van der Waals surface area contributed by atoms with E-state index in [2.05, 4.69) is 130 Å². The Bertz CT molecular complexity index is 1330. The van der Waals surface area contributed by atoms with Gasteiger partial charge in [0.15, 0.2) is 6.10 Å². The Kier molecular flexibility index (Phi) is 47.5. The molecule has 6 nitrogen and oxygen atoms in total. The quantitative estimate of drug-likeness (QED) is 0.0199. The smallest absolute Gasteiger partial charge is 0.306 e. The fourth-order valence-corrected chi connectivity index (χ4v) is 6.57. The summed E-state index contributed by atoms with van der Waals surface area (Å²) in [7, 11) is 0. The first-order chi connectivity index (χ1) is 31.0. The third-order valence-corrected chi connectivity index (χ3v) is 10.4. The number of ether oxygens (including phenoxy) is 3. The first-order valence-electron chi connectivity index (χ1n) is 25.5. The zero-order valence-corrected chi connectivity index (χ0v) is 40.5. The van der Waals surface area contributed by atoms with Gasteiger partial charge in [0.1, 0.15) is 13.2 Å². The summed E-state index contributed by atoms with van der Waals surface area (Å²) in [6.45, 7) is 6.28. The van der Waals surface area contributed by atoms with Crippen LogP contribution in [0.1, 0.15) is 213 Å². The van der Waals surface area contributed by atoms with Crippen molar-refractivity contribution in [1.82, 2.24) is 0 Å². The van der Waals surface area contributed by atoms with Crippen molar-refractivity contribution >= 4 is 17.9 Å². The predicted octanol–water partition coefficient (Wildman–Crippen LogP) is 16.8. The lowest BCUT2D eigenvalue weighted by Crippen LogP contribution is -2.30. The maximum absolute atomic E-state index is 12.8. The monoisotopic (exact) mass is 873 g/mol. The third kappa shape index (κ3) is 49.0. The Labute approximate surface area is 387 Å². The van der Waals surface area contributed by atoms with Crippen LogP contribution >= 0.6 is 0 Å². The topological polar surface area (TPSA) is 78.9 Å². The summed E-state index contributed by atoms with van der Waals surface area (Å²) < 4.78 is 16.7. The Morgan fingerprint density at radius 1 is 0.349 bits per heavy atom. The molecule has 0 saturated heterocycles. The van der Waals surface area contributed by atoms with Crippen molar-refractivity contribution in [2.24, 2.45) is 0 Å². The maximum atomic E-state index is 12.8. The van der Waals surface area contributed by atoms with Crippen molar-refractivity contribution in [3.05, 3.63) is 109 Å². The molecule has 1 unspecified atom stereocenters. The van der Waals surface area contributed by atoms with E-state index in [9.17, 15) is 14.4 Å². The van der Waals surface area contributed by atoms with Gasteiger partial charge in [-0.2, -0.15) is 0 Å². The minimum atomic E-state index is -0.814. The van der Waals surface area contributed by atoms with Crippen molar-refractivity contribution in [1.29, 1.82) is 0 Å². The highest BCUT2D eigenvalue weighted by Gasteiger charge is 2.19. The highest BCUT2D eigenvalue weighted by molar-refractivity contribution is 5.71. The van der Waals surface area contributed by atoms with Gasteiger partial charge in [0.25, 0.3) is 0 Å². The van der Waals surface area contributed by atoms with Gasteiger partial charge in [-0.3, -0.25) is 14.4 Å². The summed E-state index contributed by atoms with van der Waals surface area (Å²) in [5.41, 5.74) is 0. The molecule has 0 heterocycles. The van der Waals surface area contributed by atoms with Crippen molar-refractivity contribution in [3.8, 4) is 0 Å². The molecule has 0 bridgehead atoms. The summed E-state index contributed by atoms with van der Waals surface area (Å²) in [6, 6.07) is 0. The van der Waals surface area contributed by atoms with Crippen LogP contribution in [0, 0.1) is 0 Å². The summed E-state index contributed by atoms with van der Waals surface area (Å²) in [4.78, 5) is 37.9. The van der Waals surface area contributed by atoms with Gasteiger partial charge in [0, 0.05) is 19.3 Å². The number of hydrogen-bond donors (Lipinski definition) is 0. The van der Waals surface area contributed by atoms with Crippen LogP contribution in [0.4, 0.5) is 0 Å². The molecule has 0 aliphatic heterocycles. The number of unbranched alkanes of at least 4 members (excludes halogenated alkanes) is 19. The van der Waals surface area contributed by atoms with Crippen molar-refractivity contribution in [3.63, 3.8) is 0 Å². The number of esters is 3. The number of carbonyl (C=O) groups excluding carboxylic acids is 3. The highest BCUT2D eigenvalue weighted by Crippen LogP contribution is 2.13. The van der Waals surface area contributed by atoms with Crippen LogP contribution in [0.2, 0.25) is 0 Å². The van der Waals surface area contributed by atoms with Crippen LogP contribution in [-0.4, -0.2) is 37.2 Å². The van der Waals surface area contributed by atoms with E-state index in [-0.39, 0.29) is 37.5 Å². The molecule has 6 heteroatoms. The SMILES string of the molecule is CC\C=C/C=C\C=C/CCCCCCCCCC(=O)OC(COC(=O)CCC/C=C\C/C=C\C/C=C\CCCCCCCC)COC(=O)CCCCCCC\C=C/C=C\C=C/CC. The zero-order valence-electron chi connectivity index (χ0n) is 40.5. The molecule has 0 aliphatic carbocycles. The molecule has 0 aliphatic rings. The third-order valence-electron chi connectivity index (χ3n) is 10.4. The van der Waals surface area contributed by atoms with Gasteiger partial charge in [-0.25, -0.2) is 0 Å². The highest BCUT2D eigenvalue weighted by atomic mass is 16.6. The van der Waals surface area contributed by atoms with Crippen molar-refractivity contribution in [2.75, 3.05) is 13.2 Å². The van der Waals surface area contributed by atoms with Crippen LogP contribution in [0.25, 0.3) is 0 Å². The van der Waals surface area contributed by atoms with Gasteiger partial charge in [-0.1, -0.05) is 214 Å². The molecule has 0 aromatic carbocycles. The van der Waals surface area contributed by atoms with Gasteiger partial charge >= 0.3 is 17.9 Å².